The van der Waals surface area contributed by atoms with Crippen molar-refractivity contribution in [3.8, 4) is 10.6 Å². The van der Waals surface area contributed by atoms with Crippen molar-refractivity contribution in [1.82, 2.24) is 9.97 Å². The zero-order valence-corrected chi connectivity index (χ0v) is 11.5. The van der Waals surface area contributed by atoms with Gasteiger partial charge in [-0.25, -0.2) is 9.97 Å². The third-order valence-corrected chi connectivity index (χ3v) is 4.71. The summed E-state index contributed by atoms with van der Waals surface area (Å²) in [4.78, 5) is 10.6. The van der Waals surface area contributed by atoms with Crippen LogP contribution < -0.4 is 5.73 Å². The Bertz CT molecular complexity index is 584. The van der Waals surface area contributed by atoms with E-state index in [1.165, 1.54) is 10.4 Å². The Morgan fingerprint density at radius 2 is 2.11 bits per heavy atom. The average Bonchev–Trinajstić information content (AvgIpc) is 3.05. The minimum Gasteiger partial charge on any atom is -0.329 e. The van der Waals surface area contributed by atoms with Crippen molar-refractivity contribution in [2.45, 2.75) is 32.1 Å². The summed E-state index contributed by atoms with van der Waals surface area (Å²) in [6.07, 6.45) is 2.24. The van der Waals surface area contributed by atoms with Gasteiger partial charge in [-0.05, 0) is 49.8 Å². The minimum atomic E-state index is 0.0614. The lowest BCUT2D eigenvalue weighted by atomic mass is 10.1. The van der Waals surface area contributed by atoms with Crippen LogP contribution in [-0.2, 0) is 5.41 Å². The highest BCUT2D eigenvalue weighted by Crippen LogP contribution is 2.46. The summed E-state index contributed by atoms with van der Waals surface area (Å²) in [7, 11) is 0. The first-order chi connectivity index (χ1) is 8.64. The SMILES string of the molecule is Cc1cc(-c2sccc2C)nc(C2(CN)CC2)n1. The van der Waals surface area contributed by atoms with E-state index in [4.69, 9.17) is 10.7 Å². The lowest BCUT2D eigenvalue weighted by Gasteiger charge is -2.13. The normalized spacial score (nSPS) is 16.8. The second-order valence-corrected chi connectivity index (χ2v) is 6.05. The maximum Gasteiger partial charge on any atom is 0.136 e. The molecule has 0 spiro atoms. The molecule has 0 saturated heterocycles. The Morgan fingerprint density at radius 3 is 2.67 bits per heavy atom. The Labute approximate surface area is 111 Å². The molecule has 18 heavy (non-hydrogen) atoms. The molecular formula is C14H17N3S. The number of aryl methyl sites for hydroxylation is 2. The minimum absolute atomic E-state index is 0.0614. The molecule has 0 amide bonds. The average molecular weight is 259 g/mol. The molecule has 2 aromatic rings. The number of nitrogens with zero attached hydrogens (tertiary/aromatic N) is 2. The van der Waals surface area contributed by atoms with Crippen molar-refractivity contribution in [2.24, 2.45) is 5.73 Å². The van der Waals surface area contributed by atoms with Crippen molar-refractivity contribution in [3.63, 3.8) is 0 Å². The molecule has 1 saturated carbocycles. The number of aromatic nitrogens is 2. The molecule has 0 radical (unpaired) electrons. The second-order valence-electron chi connectivity index (χ2n) is 5.14. The fourth-order valence-corrected chi connectivity index (χ4v) is 3.11. The first-order valence-corrected chi connectivity index (χ1v) is 7.13. The van der Waals surface area contributed by atoms with Gasteiger partial charge < -0.3 is 5.73 Å². The summed E-state index contributed by atoms with van der Waals surface area (Å²) >= 11 is 1.74. The van der Waals surface area contributed by atoms with Gasteiger partial charge in [-0.15, -0.1) is 11.3 Å². The van der Waals surface area contributed by atoms with E-state index >= 15 is 0 Å². The molecule has 1 fully saturated rings. The van der Waals surface area contributed by atoms with Gasteiger partial charge in [0.15, 0.2) is 0 Å². The van der Waals surface area contributed by atoms with Gasteiger partial charge in [-0.2, -0.15) is 0 Å². The Morgan fingerprint density at radius 1 is 1.33 bits per heavy atom. The van der Waals surface area contributed by atoms with E-state index in [1.807, 2.05) is 6.92 Å². The van der Waals surface area contributed by atoms with Crippen molar-refractivity contribution in [1.29, 1.82) is 0 Å². The van der Waals surface area contributed by atoms with E-state index in [0.29, 0.717) is 6.54 Å². The van der Waals surface area contributed by atoms with Crippen molar-refractivity contribution >= 4 is 11.3 Å². The molecule has 4 heteroatoms. The molecule has 1 aliphatic carbocycles. The maximum absolute atomic E-state index is 5.87. The van der Waals surface area contributed by atoms with Crippen LogP contribution in [0.25, 0.3) is 10.6 Å². The molecule has 0 unspecified atom stereocenters. The molecule has 3 nitrogen and oxygen atoms in total. The van der Waals surface area contributed by atoms with Gasteiger partial charge in [0.25, 0.3) is 0 Å². The quantitative estimate of drug-likeness (QED) is 0.922. The third-order valence-electron chi connectivity index (χ3n) is 3.67. The fraction of sp³-hybridized carbons (Fsp3) is 0.429. The van der Waals surface area contributed by atoms with Crippen LogP contribution in [0.5, 0.6) is 0 Å². The zero-order chi connectivity index (χ0) is 12.8. The van der Waals surface area contributed by atoms with Crippen molar-refractivity contribution in [3.05, 3.63) is 34.6 Å². The summed E-state index contributed by atoms with van der Waals surface area (Å²) in [5.74, 6) is 0.938. The molecule has 0 atom stereocenters. The highest BCUT2D eigenvalue weighted by atomic mass is 32.1. The van der Waals surface area contributed by atoms with Crippen LogP contribution in [0.3, 0.4) is 0 Å². The van der Waals surface area contributed by atoms with E-state index in [2.05, 4.69) is 29.4 Å². The zero-order valence-electron chi connectivity index (χ0n) is 10.7. The molecule has 0 aromatic carbocycles. The van der Waals surface area contributed by atoms with Gasteiger partial charge in [0.2, 0.25) is 0 Å². The van der Waals surface area contributed by atoms with Crippen LogP contribution >= 0.6 is 11.3 Å². The van der Waals surface area contributed by atoms with Gasteiger partial charge in [0, 0.05) is 17.7 Å². The predicted octanol–water partition coefficient (Wildman–Crippen LogP) is 2.81. The van der Waals surface area contributed by atoms with Crippen LogP contribution in [0.15, 0.2) is 17.5 Å². The molecule has 0 aliphatic heterocycles. The fourth-order valence-electron chi connectivity index (χ4n) is 2.23. The number of thiophene rings is 1. The molecule has 2 N–H and O–H groups in total. The number of hydrogen-bond acceptors (Lipinski definition) is 4. The molecule has 1 aliphatic rings. The first kappa shape index (κ1) is 11.8. The topological polar surface area (TPSA) is 51.8 Å². The standard InChI is InChI=1S/C14H17N3S/c1-9-3-6-18-12(9)11-7-10(2)16-13(17-11)14(8-15)4-5-14/h3,6-7H,4-5,8,15H2,1-2H3. The summed E-state index contributed by atoms with van der Waals surface area (Å²) in [5, 5.41) is 2.11. The summed E-state index contributed by atoms with van der Waals surface area (Å²) in [6.45, 7) is 4.81. The van der Waals surface area contributed by atoms with Crippen molar-refractivity contribution < 1.29 is 0 Å². The van der Waals surface area contributed by atoms with Crippen LogP contribution in [-0.4, -0.2) is 16.5 Å². The molecule has 3 rings (SSSR count). The Kier molecular flexibility index (Phi) is 2.72. The second kappa shape index (κ2) is 4.14. The lowest BCUT2D eigenvalue weighted by molar-refractivity contribution is 0.646. The predicted molar refractivity (Wildman–Crippen MR) is 74.8 cm³/mol. The van der Waals surface area contributed by atoms with Gasteiger partial charge in [0.05, 0.1) is 10.6 Å². The summed E-state index contributed by atoms with van der Waals surface area (Å²) in [6, 6.07) is 4.20. The largest absolute Gasteiger partial charge is 0.329 e. The highest BCUT2D eigenvalue weighted by molar-refractivity contribution is 7.13. The first-order valence-electron chi connectivity index (χ1n) is 6.25. The molecule has 94 valence electrons. The van der Waals surface area contributed by atoms with E-state index in [9.17, 15) is 0 Å². The summed E-state index contributed by atoms with van der Waals surface area (Å²) in [5.41, 5.74) is 9.29. The van der Waals surface area contributed by atoms with E-state index in [1.54, 1.807) is 11.3 Å². The smallest absolute Gasteiger partial charge is 0.136 e. The molecule has 0 bridgehead atoms. The van der Waals surface area contributed by atoms with Gasteiger partial charge in [0.1, 0.15) is 5.82 Å². The third kappa shape index (κ3) is 1.85. The van der Waals surface area contributed by atoms with Gasteiger partial charge in [-0.3, -0.25) is 0 Å². The van der Waals surface area contributed by atoms with E-state index < -0.39 is 0 Å². The van der Waals surface area contributed by atoms with Crippen molar-refractivity contribution in [2.75, 3.05) is 6.54 Å². The van der Waals surface area contributed by atoms with Crippen LogP contribution in [0.1, 0.15) is 29.9 Å². The summed E-state index contributed by atoms with van der Waals surface area (Å²) < 4.78 is 0. The molecule has 2 heterocycles. The number of rotatable bonds is 3. The Hall–Kier alpha value is -1.26. The number of nitrogens with two attached hydrogens (primary N) is 1. The monoisotopic (exact) mass is 259 g/mol. The van der Waals surface area contributed by atoms with Crippen LogP contribution in [0, 0.1) is 13.8 Å². The van der Waals surface area contributed by atoms with Crippen LogP contribution in [0.4, 0.5) is 0 Å². The number of hydrogen-bond donors (Lipinski definition) is 1. The maximum atomic E-state index is 5.87. The van der Waals surface area contributed by atoms with Gasteiger partial charge in [-0.1, -0.05) is 0 Å². The van der Waals surface area contributed by atoms with E-state index in [-0.39, 0.29) is 5.41 Å². The lowest BCUT2D eigenvalue weighted by Crippen LogP contribution is -2.23. The Balaban J connectivity index is 2.10. The molecular weight excluding hydrogens is 242 g/mol. The van der Waals surface area contributed by atoms with Crippen LogP contribution in [0.2, 0.25) is 0 Å². The van der Waals surface area contributed by atoms with Gasteiger partial charge >= 0.3 is 0 Å². The molecule has 2 aromatic heterocycles. The highest BCUT2D eigenvalue weighted by Gasteiger charge is 2.46. The van der Waals surface area contributed by atoms with E-state index in [0.717, 1.165) is 30.1 Å².